The first-order chi connectivity index (χ1) is 6.49. The molecule has 0 spiro atoms. The van der Waals surface area contributed by atoms with Gasteiger partial charge in [0, 0.05) is 6.04 Å². The van der Waals surface area contributed by atoms with E-state index in [0.29, 0.717) is 5.92 Å². The van der Waals surface area contributed by atoms with Gasteiger partial charge in [-0.15, -0.1) is 0 Å². The fourth-order valence-electron chi connectivity index (χ4n) is 1.72. The fourth-order valence-corrected chi connectivity index (χ4v) is 1.72. The van der Waals surface area contributed by atoms with E-state index in [0.717, 1.165) is 19.3 Å². The smallest absolute Gasteiger partial charge is 0.292 e. The van der Waals surface area contributed by atoms with Crippen molar-refractivity contribution in [1.82, 2.24) is 5.48 Å². The molecule has 1 saturated carbocycles. The van der Waals surface area contributed by atoms with Crippen molar-refractivity contribution in [3.05, 3.63) is 0 Å². The molecule has 5 heteroatoms. The third kappa shape index (κ3) is 4.28. The molecule has 1 fully saturated rings. The second-order valence-corrected chi connectivity index (χ2v) is 3.89. The molecule has 0 aliphatic heterocycles. The summed E-state index contributed by atoms with van der Waals surface area (Å²) in [4.78, 5) is 4.43. The predicted octanol–water partition coefficient (Wildman–Crippen LogP) is 2.65. The van der Waals surface area contributed by atoms with Crippen molar-refractivity contribution in [2.75, 3.05) is 6.61 Å². The van der Waals surface area contributed by atoms with Crippen LogP contribution in [0.4, 0.5) is 13.2 Å². The largest absolute Gasteiger partial charge is 0.413 e. The summed E-state index contributed by atoms with van der Waals surface area (Å²) >= 11 is 0. The van der Waals surface area contributed by atoms with E-state index >= 15 is 0 Å². The molecule has 0 aromatic heterocycles. The summed E-state index contributed by atoms with van der Waals surface area (Å²) in [7, 11) is 0. The zero-order valence-electron chi connectivity index (χ0n) is 8.23. The number of hydrogen-bond donors (Lipinski definition) is 1. The minimum absolute atomic E-state index is 0.0751. The van der Waals surface area contributed by atoms with Crippen LogP contribution in [0, 0.1) is 5.92 Å². The van der Waals surface area contributed by atoms with Gasteiger partial charge in [0.05, 0.1) is 0 Å². The molecule has 2 atom stereocenters. The van der Waals surface area contributed by atoms with Crippen LogP contribution in [0.25, 0.3) is 0 Å². The van der Waals surface area contributed by atoms with Crippen LogP contribution in [0.3, 0.4) is 0 Å². The minimum Gasteiger partial charge on any atom is -0.292 e. The molecule has 0 saturated heterocycles. The molecule has 0 heterocycles. The summed E-state index contributed by atoms with van der Waals surface area (Å²) < 4.78 is 35.2. The van der Waals surface area contributed by atoms with Crippen LogP contribution in [-0.4, -0.2) is 18.8 Å². The summed E-state index contributed by atoms with van der Waals surface area (Å²) in [5, 5.41) is 0. The van der Waals surface area contributed by atoms with Crippen molar-refractivity contribution in [3.63, 3.8) is 0 Å². The Morgan fingerprint density at radius 2 is 1.93 bits per heavy atom. The molecule has 14 heavy (non-hydrogen) atoms. The summed E-state index contributed by atoms with van der Waals surface area (Å²) in [6, 6.07) is 0.0751. The van der Waals surface area contributed by atoms with E-state index in [2.05, 4.69) is 10.3 Å². The first kappa shape index (κ1) is 11.8. The molecule has 1 aliphatic carbocycles. The molecule has 0 aromatic carbocycles. The number of rotatable bonds is 3. The second kappa shape index (κ2) is 4.98. The van der Waals surface area contributed by atoms with E-state index in [1.54, 1.807) is 0 Å². The van der Waals surface area contributed by atoms with Gasteiger partial charge >= 0.3 is 6.18 Å². The lowest BCUT2D eigenvalue weighted by molar-refractivity contribution is -0.195. The average Bonchev–Trinajstić information content (AvgIpc) is 2.06. The third-order valence-corrected chi connectivity index (χ3v) is 2.58. The summed E-state index contributed by atoms with van der Waals surface area (Å²) in [6.07, 6.45) is -0.0486. The highest BCUT2D eigenvalue weighted by atomic mass is 19.4. The SMILES string of the molecule is CC1CCCCC1NOCC(F)(F)F. The Morgan fingerprint density at radius 3 is 2.50 bits per heavy atom. The van der Waals surface area contributed by atoms with E-state index in [9.17, 15) is 13.2 Å². The molecular formula is C9H16F3NO. The molecule has 0 aromatic rings. The van der Waals surface area contributed by atoms with Gasteiger partial charge in [-0.2, -0.15) is 18.7 Å². The van der Waals surface area contributed by atoms with Gasteiger partial charge in [0.25, 0.3) is 0 Å². The maximum Gasteiger partial charge on any atom is 0.413 e. The molecule has 2 unspecified atom stereocenters. The van der Waals surface area contributed by atoms with E-state index in [1.807, 2.05) is 6.92 Å². The fraction of sp³-hybridized carbons (Fsp3) is 1.00. The average molecular weight is 211 g/mol. The lowest BCUT2D eigenvalue weighted by Gasteiger charge is -2.29. The standard InChI is InChI=1S/C9H16F3NO/c1-7-4-2-3-5-8(7)13-14-6-9(10,11)12/h7-8,13H,2-6H2,1H3. The third-order valence-electron chi connectivity index (χ3n) is 2.58. The highest BCUT2D eigenvalue weighted by Gasteiger charge is 2.29. The summed E-state index contributed by atoms with van der Waals surface area (Å²) in [5.74, 6) is 0.400. The summed E-state index contributed by atoms with van der Waals surface area (Å²) in [6.45, 7) is 0.823. The van der Waals surface area contributed by atoms with Crippen LogP contribution in [0.1, 0.15) is 32.6 Å². The van der Waals surface area contributed by atoms with Crippen LogP contribution in [0.15, 0.2) is 0 Å². The van der Waals surface area contributed by atoms with Gasteiger partial charge < -0.3 is 0 Å². The Kier molecular flexibility index (Phi) is 4.19. The Morgan fingerprint density at radius 1 is 1.29 bits per heavy atom. The molecule has 0 bridgehead atoms. The van der Waals surface area contributed by atoms with Crippen molar-refractivity contribution in [2.24, 2.45) is 5.92 Å². The number of hydroxylamine groups is 1. The van der Waals surface area contributed by atoms with Crippen LogP contribution < -0.4 is 5.48 Å². The number of hydrogen-bond acceptors (Lipinski definition) is 2. The second-order valence-electron chi connectivity index (χ2n) is 3.89. The zero-order valence-corrected chi connectivity index (χ0v) is 8.23. The van der Waals surface area contributed by atoms with Gasteiger partial charge in [0.2, 0.25) is 0 Å². The summed E-state index contributed by atoms with van der Waals surface area (Å²) in [5.41, 5.74) is 2.51. The quantitative estimate of drug-likeness (QED) is 0.724. The van der Waals surface area contributed by atoms with Gasteiger partial charge in [0.1, 0.15) is 0 Å². The van der Waals surface area contributed by atoms with Crippen molar-refractivity contribution < 1.29 is 18.0 Å². The van der Waals surface area contributed by atoms with Crippen molar-refractivity contribution in [2.45, 2.75) is 44.8 Å². The molecule has 84 valence electrons. The van der Waals surface area contributed by atoms with Crippen LogP contribution in [0.5, 0.6) is 0 Å². The first-order valence-electron chi connectivity index (χ1n) is 4.93. The minimum atomic E-state index is -4.25. The monoisotopic (exact) mass is 211 g/mol. The van der Waals surface area contributed by atoms with Crippen molar-refractivity contribution >= 4 is 0 Å². The molecule has 1 rings (SSSR count). The maximum absolute atomic E-state index is 11.7. The van der Waals surface area contributed by atoms with Crippen LogP contribution >= 0.6 is 0 Å². The van der Waals surface area contributed by atoms with Gasteiger partial charge in [-0.3, -0.25) is 4.84 Å². The molecule has 0 radical (unpaired) electrons. The Labute approximate surface area is 81.8 Å². The molecule has 2 nitrogen and oxygen atoms in total. The first-order valence-corrected chi connectivity index (χ1v) is 4.93. The Hall–Kier alpha value is -0.290. The lowest BCUT2D eigenvalue weighted by Crippen LogP contribution is -2.39. The van der Waals surface area contributed by atoms with Crippen LogP contribution in [0.2, 0.25) is 0 Å². The van der Waals surface area contributed by atoms with Crippen molar-refractivity contribution in [1.29, 1.82) is 0 Å². The Bertz CT molecular complexity index is 172. The maximum atomic E-state index is 11.7. The normalized spacial score (nSPS) is 29.1. The molecule has 1 N–H and O–H groups in total. The highest BCUT2D eigenvalue weighted by Crippen LogP contribution is 2.24. The zero-order chi connectivity index (χ0) is 10.6. The molecule has 0 amide bonds. The molecule has 1 aliphatic rings. The van der Waals surface area contributed by atoms with Gasteiger partial charge in [-0.25, -0.2) is 0 Å². The lowest BCUT2D eigenvalue weighted by atomic mass is 9.86. The van der Waals surface area contributed by atoms with E-state index in [4.69, 9.17) is 0 Å². The predicted molar refractivity (Wildman–Crippen MR) is 46.6 cm³/mol. The Balaban J connectivity index is 2.17. The highest BCUT2D eigenvalue weighted by molar-refractivity contribution is 4.75. The molecular weight excluding hydrogens is 195 g/mol. The van der Waals surface area contributed by atoms with E-state index in [1.165, 1.54) is 6.42 Å². The van der Waals surface area contributed by atoms with E-state index < -0.39 is 12.8 Å². The topological polar surface area (TPSA) is 21.3 Å². The van der Waals surface area contributed by atoms with Crippen molar-refractivity contribution in [3.8, 4) is 0 Å². The van der Waals surface area contributed by atoms with Gasteiger partial charge in [-0.1, -0.05) is 19.8 Å². The number of halogens is 3. The number of alkyl halides is 3. The van der Waals surface area contributed by atoms with E-state index in [-0.39, 0.29) is 6.04 Å². The van der Waals surface area contributed by atoms with Crippen LogP contribution in [-0.2, 0) is 4.84 Å². The van der Waals surface area contributed by atoms with Gasteiger partial charge in [0.15, 0.2) is 6.61 Å². The number of nitrogens with one attached hydrogen (secondary N) is 1. The van der Waals surface area contributed by atoms with Gasteiger partial charge in [-0.05, 0) is 18.8 Å².